The summed E-state index contributed by atoms with van der Waals surface area (Å²) in [6, 6.07) is 1.69. The van der Waals surface area contributed by atoms with Crippen LogP contribution in [0.1, 0.15) is 18.9 Å². The van der Waals surface area contributed by atoms with Crippen LogP contribution in [0.5, 0.6) is 0 Å². The van der Waals surface area contributed by atoms with Gasteiger partial charge in [-0.1, -0.05) is 11.8 Å². The van der Waals surface area contributed by atoms with Gasteiger partial charge in [-0.15, -0.1) is 0 Å². The highest BCUT2D eigenvalue weighted by Crippen LogP contribution is 2.27. The van der Waals surface area contributed by atoms with Crippen LogP contribution in [0.2, 0.25) is 0 Å². The lowest BCUT2D eigenvalue weighted by Gasteiger charge is -2.15. The molecule has 1 fully saturated rings. The van der Waals surface area contributed by atoms with Crippen molar-refractivity contribution < 1.29 is 9.59 Å². The van der Waals surface area contributed by atoms with E-state index in [0.29, 0.717) is 18.7 Å². The highest BCUT2D eigenvalue weighted by Gasteiger charge is 2.33. The molecule has 0 spiro atoms. The summed E-state index contributed by atoms with van der Waals surface area (Å²) in [6.45, 7) is 3.74. The van der Waals surface area contributed by atoms with Crippen LogP contribution in [0, 0.1) is 6.92 Å². The molecular formula is C12H14N2O3S. The van der Waals surface area contributed by atoms with Crippen molar-refractivity contribution in [3.63, 3.8) is 0 Å². The molecule has 1 saturated heterocycles. The molecule has 1 N–H and O–H groups in total. The number of anilines is 1. The molecule has 1 aromatic heterocycles. The number of nitrogens with zero attached hydrogens (tertiary/aromatic N) is 1. The second-order valence-corrected chi connectivity index (χ2v) is 5.81. The lowest BCUT2D eigenvalue weighted by atomic mass is 10.3. The fourth-order valence-corrected chi connectivity index (χ4v) is 2.92. The Morgan fingerprint density at radius 2 is 2.22 bits per heavy atom. The van der Waals surface area contributed by atoms with Gasteiger partial charge in [-0.2, -0.15) is 0 Å². The van der Waals surface area contributed by atoms with Crippen molar-refractivity contribution in [1.29, 1.82) is 0 Å². The highest BCUT2D eigenvalue weighted by atomic mass is 32.2. The van der Waals surface area contributed by atoms with E-state index >= 15 is 0 Å². The Labute approximate surface area is 109 Å². The van der Waals surface area contributed by atoms with Gasteiger partial charge in [0.15, 0.2) is 5.12 Å². The van der Waals surface area contributed by atoms with E-state index in [9.17, 15) is 14.4 Å². The number of rotatable bonds is 2. The van der Waals surface area contributed by atoms with Crippen LogP contribution in [0.4, 0.5) is 5.69 Å². The molecule has 0 aliphatic carbocycles. The Kier molecular flexibility index (Phi) is 3.56. The lowest BCUT2D eigenvalue weighted by molar-refractivity contribution is -0.117. The van der Waals surface area contributed by atoms with Gasteiger partial charge < -0.3 is 9.88 Å². The van der Waals surface area contributed by atoms with Gasteiger partial charge in [0.25, 0.3) is 5.56 Å². The summed E-state index contributed by atoms with van der Waals surface area (Å²) in [5.74, 6) is -0.107. The number of aromatic amines is 1. The van der Waals surface area contributed by atoms with Crippen LogP contribution in [0.3, 0.4) is 0 Å². The molecule has 96 valence electrons. The molecule has 1 aliphatic rings. The molecule has 5 nitrogen and oxygen atoms in total. The van der Waals surface area contributed by atoms with E-state index < -0.39 is 0 Å². The van der Waals surface area contributed by atoms with Gasteiger partial charge in [0.2, 0.25) is 5.91 Å². The standard InChI is InChI=1S/C12H14N2O3S/c1-7-3-10(12(17)13-5-7)14-6-9(4-11(14)16)18-8(2)15/h3,5,9H,4,6H2,1-2H3,(H,13,17). The molecule has 0 aromatic carbocycles. The second kappa shape index (κ2) is 4.97. The molecular weight excluding hydrogens is 252 g/mol. The molecule has 1 atom stereocenters. The summed E-state index contributed by atoms with van der Waals surface area (Å²) in [6.07, 6.45) is 1.91. The fraction of sp³-hybridized carbons (Fsp3) is 0.417. The summed E-state index contributed by atoms with van der Waals surface area (Å²) >= 11 is 1.16. The summed E-state index contributed by atoms with van der Waals surface area (Å²) < 4.78 is 0. The van der Waals surface area contributed by atoms with E-state index in [2.05, 4.69) is 4.98 Å². The summed E-state index contributed by atoms with van der Waals surface area (Å²) in [7, 11) is 0. The first-order valence-electron chi connectivity index (χ1n) is 5.64. The normalized spacial score (nSPS) is 19.3. The zero-order valence-electron chi connectivity index (χ0n) is 10.2. The van der Waals surface area contributed by atoms with Crippen molar-refractivity contribution in [2.75, 3.05) is 11.4 Å². The van der Waals surface area contributed by atoms with E-state index in [1.165, 1.54) is 11.8 Å². The zero-order valence-corrected chi connectivity index (χ0v) is 11.0. The Balaban J connectivity index is 2.24. The maximum absolute atomic E-state index is 11.9. The number of thioether (sulfide) groups is 1. The van der Waals surface area contributed by atoms with Gasteiger partial charge in [0, 0.05) is 31.3 Å². The van der Waals surface area contributed by atoms with Gasteiger partial charge in [0.1, 0.15) is 5.69 Å². The first-order valence-corrected chi connectivity index (χ1v) is 6.52. The molecule has 1 aliphatic heterocycles. The number of pyridine rings is 1. The number of aromatic nitrogens is 1. The third-order valence-electron chi connectivity index (χ3n) is 2.74. The van der Waals surface area contributed by atoms with E-state index in [4.69, 9.17) is 0 Å². The van der Waals surface area contributed by atoms with Crippen LogP contribution < -0.4 is 10.5 Å². The van der Waals surface area contributed by atoms with Crippen molar-refractivity contribution in [1.82, 2.24) is 4.98 Å². The molecule has 2 heterocycles. The fourth-order valence-electron chi connectivity index (χ4n) is 2.00. The number of aryl methyl sites for hydroxylation is 1. The van der Waals surface area contributed by atoms with Gasteiger partial charge in [-0.3, -0.25) is 14.4 Å². The molecule has 0 saturated carbocycles. The average Bonchev–Trinajstić information content (AvgIpc) is 2.62. The van der Waals surface area contributed by atoms with E-state index in [1.54, 1.807) is 12.3 Å². The molecule has 0 radical (unpaired) electrons. The molecule has 1 amide bonds. The van der Waals surface area contributed by atoms with Crippen molar-refractivity contribution in [3.05, 3.63) is 28.2 Å². The molecule has 0 bridgehead atoms. The Bertz CT molecular complexity index is 552. The third-order valence-corrected chi connectivity index (χ3v) is 3.72. The second-order valence-electron chi connectivity index (χ2n) is 4.33. The topological polar surface area (TPSA) is 70.2 Å². The smallest absolute Gasteiger partial charge is 0.271 e. The summed E-state index contributed by atoms with van der Waals surface area (Å²) in [5.41, 5.74) is 0.981. The molecule has 2 rings (SSSR count). The van der Waals surface area contributed by atoms with Gasteiger partial charge in [0.05, 0.1) is 0 Å². The average molecular weight is 266 g/mol. The highest BCUT2D eigenvalue weighted by molar-refractivity contribution is 8.14. The largest absolute Gasteiger partial charge is 0.327 e. The third kappa shape index (κ3) is 2.64. The molecule has 1 aromatic rings. The Morgan fingerprint density at radius 3 is 2.89 bits per heavy atom. The van der Waals surface area contributed by atoms with Crippen molar-refractivity contribution in [2.45, 2.75) is 25.5 Å². The SMILES string of the molecule is CC(=O)SC1CC(=O)N(c2cc(C)c[nH]c2=O)C1. The first kappa shape index (κ1) is 12.9. The maximum atomic E-state index is 11.9. The number of hydrogen-bond donors (Lipinski definition) is 1. The van der Waals surface area contributed by atoms with Crippen LogP contribution in [0.25, 0.3) is 0 Å². The van der Waals surface area contributed by atoms with Crippen LogP contribution in [-0.2, 0) is 9.59 Å². The number of hydrogen-bond acceptors (Lipinski definition) is 4. The number of carbonyl (C=O) groups excluding carboxylic acids is 2. The predicted molar refractivity (Wildman–Crippen MR) is 70.8 cm³/mol. The molecule has 6 heteroatoms. The number of nitrogens with one attached hydrogen (secondary N) is 1. The van der Waals surface area contributed by atoms with Crippen LogP contribution in [-0.4, -0.2) is 27.8 Å². The lowest BCUT2D eigenvalue weighted by Crippen LogP contribution is -2.30. The molecule has 1 unspecified atom stereocenters. The quantitative estimate of drug-likeness (QED) is 0.869. The maximum Gasteiger partial charge on any atom is 0.271 e. The monoisotopic (exact) mass is 266 g/mol. The van der Waals surface area contributed by atoms with Crippen molar-refractivity contribution in [2.24, 2.45) is 0 Å². The zero-order chi connectivity index (χ0) is 13.3. The minimum absolute atomic E-state index is 0.00667. The van der Waals surface area contributed by atoms with Gasteiger partial charge in [-0.25, -0.2) is 0 Å². The number of H-pyrrole nitrogens is 1. The minimum Gasteiger partial charge on any atom is -0.327 e. The van der Waals surface area contributed by atoms with Gasteiger partial charge >= 0.3 is 0 Å². The van der Waals surface area contributed by atoms with Crippen molar-refractivity contribution in [3.8, 4) is 0 Å². The minimum atomic E-state index is -0.276. The first-order chi connectivity index (χ1) is 8.47. The predicted octanol–water partition coefficient (Wildman–Crippen LogP) is 1.07. The van der Waals surface area contributed by atoms with E-state index in [1.807, 2.05) is 6.92 Å². The Morgan fingerprint density at radius 1 is 1.50 bits per heavy atom. The van der Waals surface area contributed by atoms with Gasteiger partial charge in [-0.05, 0) is 18.6 Å². The summed E-state index contributed by atoms with van der Waals surface area (Å²) in [4.78, 5) is 38.7. The van der Waals surface area contributed by atoms with E-state index in [-0.39, 0.29) is 21.8 Å². The molecule has 18 heavy (non-hydrogen) atoms. The van der Waals surface area contributed by atoms with Crippen LogP contribution in [0.15, 0.2) is 17.1 Å². The number of amides is 1. The summed E-state index contributed by atoms with van der Waals surface area (Å²) in [5, 5.41) is -0.0669. The number of carbonyl (C=O) groups is 2. The van der Waals surface area contributed by atoms with Crippen molar-refractivity contribution >= 4 is 28.5 Å². The van der Waals surface area contributed by atoms with E-state index in [0.717, 1.165) is 17.3 Å². The van der Waals surface area contributed by atoms with Crippen LogP contribution >= 0.6 is 11.8 Å². The Hall–Kier alpha value is -1.56.